The second-order valence-electron chi connectivity index (χ2n) is 8.48. The number of nitrogens with zero attached hydrogens (tertiary/aromatic N) is 3. The molecule has 1 fully saturated rings. The number of benzene rings is 2. The minimum Gasteiger partial charge on any atom is -0.496 e. The van der Waals surface area contributed by atoms with Crippen LogP contribution >= 0.6 is 15.9 Å². The second kappa shape index (κ2) is 11.6. The maximum atomic E-state index is 14.7. The molecule has 8 heteroatoms. The first kappa shape index (κ1) is 25.2. The van der Waals surface area contributed by atoms with Crippen LogP contribution in [0.3, 0.4) is 0 Å². The molecule has 0 aliphatic carbocycles. The highest BCUT2D eigenvalue weighted by Crippen LogP contribution is 2.26. The van der Waals surface area contributed by atoms with Gasteiger partial charge in [-0.2, -0.15) is 4.99 Å². The van der Waals surface area contributed by atoms with Gasteiger partial charge in [-0.1, -0.05) is 22.0 Å². The van der Waals surface area contributed by atoms with Crippen molar-refractivity contribution in [3.05, 3.63) is 63.4 Å². The molecule has 0 spiro atoms. The highest BCUT2D eigenvalue weighted by molar-refractivity contribution is 9.10. The molecule has 0 radical (unpaired) electrons. The van der Waals surface area contributed by atoms with E-state index >= 15 is 0 Å². The molecule has 6 nitrogen and oxygen atoms in total. The van der Waals surface area contributed by atoms with Gasteiger partial charge in [-0.25, -0.2) is 4.39 Å². The van der Waals surface area contributed by atoms with Crippen LogP contribution in [0.2, 0.25) is 0 Å². The number of carbonyl (C=O) groups excluding carboxylic acids is 1. The zero-order chi connectivity index (χ0) is 24.0. The summed E-state index contributed by atoms with van der Waals surface area (Å²) in [5, 5.41) is 0. The van der Waals surface area contributed by atoms with Gasteiger partial charge in [0.1, 0.15) is 11.6 Å². The Morgan fingerprint density at radius 2 is 2.12 bits per heavy atom. The molecule has 0 bridgehead atoms. The highest BCUT2D eigenvalue weighted by atomic mass is 79.9. The van der Waals surface area contributed by atoms with Crippen molar-refractivity contribution in [1.29, 1.82) is 0 Å². The average Bonchev–Trinajstić information content (AvgIpc) is 3.21. The SMILES string of the molecule is COc1ccc(Br)cc1CCc1c(F)cccc1C(=O)N=C(N)N(C)CCC1CCCN1C. The molecule has 178 valence electrons. The summed E-state index contributed by atoms with van der Waals surface area (Å²) in [5.74, 6) is -0.0991. The number of likely N-dealkylation sites (tertiary alicyclic amines) is 1. The molecule has 3 rings (SSSR count). The fourth-order valence-electron chi connectivity index (χ4n) is 4.27. The number of rotatable bonds is 8. The fraction of sp³-hybridized carbons (Fsp3) is 0.440. The van der Waals surface area contributed by atoms with Gasteiger partial charge in [-0.15, -0.1) is 0 Å². The first-order valence-electron chi connectivity index (χ1n) is 11.2. The summed E-state index contributed by atoms with van der Waals surface area (Å²) in [5.41, 5.74) is 7.59. The van der Waals surface area contributed by atoms with E-state index in [9.17, 15) is 9.18 Å². The first-order valence-corrected chi connectivity index (χ1v) is 12.0. The summed E-state index contributed by atoms with van der Waals surface area (Å²) in [6.07, 6.45) is 4.19. The van der Waals surface area contributed by atoms with Crippen molar-refractivity contribution >= 4 is 27.8 Å². The van der Waals surface area contributed by atoms with E-state index < -0.39 is 11.7 Å². The maximum Gasteiger partial charge on any atom is 0.280 e. The van der Waals surface area contributed by atoms with Gasteiger partial charge in [0.15, 0.2) is 5.96 Å². The third-order valence-corrected chi connectivity index (χ3v) is 6.81. The molecule has 0 aromatic heterocycles. The molecule has 2 N–H and O–H groups in total. The van der Waals surface area contributed by atoms with Crippen molar-refractivity contribution in [1.82, 2.24) is 9.80 Å². The number of ether oxygens (including phenoxy) is 1. The van der Waals surface area contributed by atoms with Gasteiger partial charge < -0.3 is 20.3 Å². The standard InChI is InChI=1S/C25H32BrFN4O2/c1-30-14-5-6-19(30)13-15-31(2)25(28)29-24(32)21-7-4-8-22(27)20(21)11-9-17-16-18(26)10-12-23(17)33-3/h4,7-8,10,12,16,19H,5-6,9,11,13-15H2,1-3H3,(H2,28,29,32). The lowest BCUT2D eigenvalue weighted by atomic mass is 9.98. The Balaban J connectivity index is 1.71. The van der Waals surface area contributed by atoms with Crippen LogP contribution in [0.25, 0.3) is 0 Å². The van der Waals surface area contributed by atoms with Gasteiger partial charge in [0.05, 0.1) is 7.11 Å². The Hall–Kier alpha value is -2.45. The van der Waals surface area contributed by atoms with E-state index in [2.05, 4.69) is 32.9 Å². The Labute approximate surface area is 203 Å². The van der Waals surface area contributed by atoms with Crippen LogP contribution in [0.15, 0.2) is 45.9 Å². The van der Waals surface area contributed by atoms with E-state index in [-0.39, 0.29) is 11.5 Å². The third kappa shape index (κ3) is 6.54. The number of guanidine groups is 1. The molecule has 1 heterocycles. The fourth-order valence-corrected chi connectivity index (χ4v) is 4.67. The predicted molar refractivity (Wildman–Crippen MR) is 133 cm³/mol. The van der Waals surface area contributed by atoms with Crippen LogP contribution in [0.4, 0.5) is 4.39 Å². The van der Waals surface area contributed by atoms with Gasteiger partial charge in [0.25, 0.3) is 5.91 Å². The van der Waals surface area contributed by atoms with Crippen LogP contribution in [-0.4, -0.2) is 62.0 Å². The Kier molecular flexibility index (Phi) is 8.86. The van der Waals surface area contributed by atoms with Crippen molar-refractivity contribution < 1.29 is 13.9 Å². The van der Waals surface area contributed by atoms with Crippen LogP contribution in [0.1, 0.15) is 40.7 Å². The number of nitrogens with two attached hydrogens (primary N) is 1. The van der Waals surface area contributed by atoms with Crippen LogP contribution in [0.5, 0.6) is 5.75 Å². The third-order valence-electron chi connectivity index (χ3n) is 6.31. The summed E-state index contributed by atoms with van der Waals surface area (Å²) in [4.78, 5) is 21.2. The molecule has 0 saturated carbocycles. The molecular weight excluding hydrogens is 487 g/mol. The summed E-state index contributed by atoms with van der Waals surface area (Å²) in [6, 6.07) is 10.7. The molecule has 1 aliphatic heterocycles. The van der Waals surface area contributed by atoms with E-state index in [4.69, 9.17) is 10.5 Å². The molecule has 2 aromatic rings. The van der Waals surface area contributed by atoms with Gasteiger partial charge in [0.2, 0.25) is 0 Å². The number of aryl methyl sites for hydroxylation is 1. The minimum atomic E-state index is -0.534. The van der Waals surface area contributed by atoms with Gasteiger partial charge in [-0.05, 0) is 81.6 Å². The summed E-state index contributed by atoms with van der Waals surface area (Å²) in [7, 11) is 5.56. The normalized spacial score (nSPS) is 16.8. The van der Waals surface area contributed by atoms with E-state index in [1.54, 1.807) is 18.1 Å². The number of methoxy groups -OCH3 is 1. The zero-order valence-corrected chi connectivity index (χ0v) is 21.1. The number of carbonyl (C=O) groups is 1. The largest absolute Gasteiger partial charge is 0.496 e. The van der Waals surface area contributed by atoms with Crippen LogP contribution in [0, 0.1) is 5.82 Å². The summed E-state index contributed by atoms with van der Waals surface area (Å²) in [6.45, 7) is 1.82. The van der Waals surface area contributed by atoms with Gasteiger partial charge >= 0.3 is 0 Å². The van der Waals surface area contributed by atoms with Crippen molar-refractivity contribution in [2.24, 2.45) is 10.7 Å². The molecule has 1 atom stereocenters. The average molecular weight is 519 g/mol. The summed E-state index contributed by atoms with van der Waals surface area (Å²) >= 11 is 3.46. The number of halogens is 2. The monoisotopic (exact) mass is 518 g/mol. The Morgan fingerprint density at radius 3 is 2.82 bits per heavy atom. The van der Waals surface area contributed by atoms with Crippen molar-refractivity contribution in [3.8, 4) is 5.75 Å². The number of hydrogen-bond donors (Lipinski definition) is 1. The van der Waals surface area contributed by atoms with E-state index in [1.165, 1.54) is 25.0 Å². The van der Waals surface area contributed by atoms with Crippen molar-refractivity contribution in [3.63, 3.8) is 0 Å². The molecule has 2 aromatic carbocycles. The lowest BCUT2D eigenvalue weighted by Crippen LogP contribution is -2.38. The number of aliphatic imine (C=N–C) groups is 1. The van der Waals surface area contributed by atoms with Gasteiger partial charge in [0, 0.05) is 35.2 Å². The molecule has 1 unspecified atom stereocenters. The molecule has 1 saturated heterocycles. The second-order valence-corrected chi connectivity index (χ2v) is 9.40. The summed E-state index contributed by atoms with van der Waals surface area (Å²) < 4.78 is 21.0. The Bertz CT molecular complexity index is 1010. The van der Waals surface area contributed by atoms with Crippen LogP contribution in [-0.2, 0) is 12.8 Å². The topological polar surface area (TPSA) is 71.2 Å². The zero-order valence-electron chi connectivity index (χ0n) is 19.5. The van der Waals surface area contributed by atoms with Crippen LogP contribution < -0.4 is 10.5 Å². The van der Waals surface area contributed by atoms with E-state index in [0.29, 0.717) is 31.0 Å². The van der Waals surface area contributed by atoms with Gasteiger partial charge in [-0.3, -0.25) is 4.79 Å². The lowest BCUT2D eigenvalue weighted by Gasteiger charge is -2.23. The lowest BCUT2D eigenvalue weighted by molar-refractivity contribution is 0.0999. The maximum absolute atomic E-state index is 14.7. The van der Waals surface area contributed by atoms with E-state index in [1.807, 2.05) is 25.2 Å². The molecular formula is C25H32BrFN4O2. The molecule has 1 aliphatic rings. The number of amides is 1. The van der Waals surface area contributed by atoms with Crippen molar-refractivity contribution in [2.45, 2.75) is 38.1 Å². The predicted octanol–water partition coefficient (Wildman–Crippen LogP) is 4.25. The molecule has 33 heavy (non-hydrogen) atoms. The minimum absolute atomic E-state index is 0.143. The number of hydrogen-bond acceptors (Lipinski definition) is 3. The smallest absolute Gasteiger partial charge is 0.280 e. The molecule has 1 amide bonds. The highest BCUT2D eigenvalue weighted by Gasteiger charge is 2.21. The van der Waals surface area contributed by atoms with E-state index in [0.717, 1.165) is 28.8 Å². The quantitative estimate of drug-likeness (QED) is 0.417. The van der Waals surface area contributed by atoms with Crippen molar-refractivity contribution in [2.75, 3.05) is 34.3 Å². The Morgan fingerprint density at radius 1 is 1.33 bits per heavy atom. The first-order chi connectivity index (χ1) is 15.8.